The fraction of sp³-hybridized carbons (Fsp3) is 0.234. The van der Waals surface area contributed by atoms with Crippen LogP contribution >= 0.6 is 23.2 Å². The zero-order valence-corrected chi connectivity index (χ0v) is 34.3. The number of nitrogens with one attached hydrogen (secondary N) is 1. The second kappa shape index (κ2) is 17.7. The molecule has 60 heavy (non-hydrogen) atoms. The number of halogens is 3. The second-order valence-corrected chi connectivity index (χ2v) is 15.8. The van der Waals surface area contributed by atoms with E-state index in [-0.39, 0.29) is 38.2 Å². The number of fused-ring (bicyclic) bond motifs is 2. The van der Waals surface area contributed by atoms with Crippen molar-refractivity contribution in [2.24, 2.45) is 0 Å². The van der Waals surface area contributed by atoms with Crippen LogP contribution in [0.2, 0.25) is 10.0 Å². The van der Waals surface area contributed by atoms with E-state index >= 15 is 0 Å². The lowest BCUT2D eigenvalue weighted by Gasteiger charge is -2.37. The Morgan fingerprint density at radius 2 is 1.68 bits per heavy atom. The minimum Gasteiger partial charge on any atom is -0.489 e. The summed E-state index contributed by atoms with van der Waals surface area (Å²) in [7, 11) is 0. The third-order valence-corrected chi connectivity index (χ3v) is 11.8. The number of aliphatic carboxylic acids is 1. The molecule has 4 heterocycles. The quantitative estimate of drug-likeness (QED) is 0.124. The molecule has 8 rings (SSSR count). The van der Waals surface area contributed by atoms with Crippen LogP contribution in [0.5, 0.6) is 17.2 Å². The van der Waals surface area contributed by atoms with Crippen LogP contribution < -0.4 is 19.5 Å². The molecule has 13 heteroatoms. The van der Waals surface area contributed by atoms with E-state index in [1.165, 1.54) is 18.3 Å². The predicted octanol–water partition coefficient (Wildman–Crippen LogP) is 9.04. The van der Waals surface area contributed by atoms with Crippen LogP contribution in [0.1, 0.15) is 50.9 Å². The molecule has 0 aliphatic carbocycles. The Balaban J connectivity index is 0.974. The molecule has 2 aromatic heterocycles. The highest BCUT2D eigenvalue weighted by Crippen LogP contribution is 2.41. The number of hydrogen-bond donors (Lipinski definition) is 2. The summed E-state index contributed by atoms with van der Waals surface area (Å²) in [6.07, 6.45) is 3.18. The summed E-state index contributed by atoms with van der Waals surface area (Å²) in [5.41, 5.74) is 8.48. The maximum atomic E-state index is 15.0. The summed E-state index contributed by atoms with van der Waals surface area (Å²) in [6.45, 7) is 4.83. The van der Waals surface area contributed by atoms with E-state index < -0.39 is 35.9 Å². The Kier molecular flexibility index (Phi) is 12.0. The summed E-state index contributed by atoms with van der Waals surface area (Å²) in [4.78, 5) is 37.1. The molecule has 0 saturated heterocycles. The van der Waals surface area contributed by atoms with E-state index in [0.717, 1.165) is 50.2 Å². The maximum absolute atomic E-state index is 15.0. The molecular weight excluding hydrogens is 806 g/mol. The Morgan fingerprint density at radius 1 is 0.917 bits per heavy atom. The van der Waals surface area contributed by atoms with Gasteiger partial charge in [0.25, 0.3) is 0 Å². The minimum absolute atomic E-state index is 0.0217. The number of ether oxygens (including phenoxy) is 3. The first kappa shape index (κ1) is 40.8. The van der Waals surface area contributed by atoms with Gasteiger partial charge in [-0.2, -0.15) is 0 Å². The van der Waals surface area contributed by atoms with Crippen molar-refractivity contribution in [1.29, 1.82) is 0 Å². The predicted molar refractivity (Wildman–Crippen MR) is 226 cm³/mol. The lowest BCUT2D eigenvalue weighted by atomic mass is 9.91. The number of carbonyl (C=O) groups excluding carboxylic acids is 1. The highest BCUT2D eigenvalue weighted by atomic mass is 35.5. The first-order valence-corrected chi connectivity index (χ1v) is 20.2. The van der Waals surface area contributed by atoms with Gasteiger partial charge in [-0.3, -0.25) is 19.7 Å². The molecule has 0 spiro atoms. The van der Waals surface area contributed by atoms with Crippen molar-refractivity contribution in [2.45, 2.75) is 64.6 Å². The molecule has 0 saturated carbocycles. The molecule has 6 aromatic rings. The van der Waals surface area contributed by atoms with E-state index in [4.69, 9.17) is 37.4 Å². The maximum Gasteiger partial charge on any atom is 0.326 e. The van der Waals surface area contributed by atoms with E-state index in [1.54, 1.807) is 18.3 Å². The number of rotatable bonds is 12. The van der Waals surface area contributed by atoms with Gasteiger partial charge in [-0.15, -0.1) is 0 Å². The normalized spacial score (nSPS) is 16.4. The molecule has 2 aliphatic heterocycles. The first-order chi connectivity index (χ1) is 29.0. The van der Waals surface area contributed by atoms with Crippen molar-refractivity contribution >= 4 is 35.1 Å². The standard InChI is InChI=1S/C47H41Cl2FN4O6/c1-27-28(2)51-17-15-36(27)31-8-5-29(6-9-31)19-40(47(56)57)53-46(55)42-20-33-21-43-44(22-34(33)23-54(42)24-41-39(50)4-3-16-52-41)60-45(26-59-43)32-10-12-35(13-11-32)58-25-30-7-14-37(48)38(49)18-30/h3-18,21-22,40,42,45H,19-20,23-26H2,1-2H3,(H,53,55)(H,56,57)/t40-,42-,45+/m0/s1. The van der Waals surface area contributed by atoms with E-state index in [1.807, 2.05) is 91.5 Å². The highest BCUT2D eigenvalue weighted by Gasteiger charge is 2.36. The molecule has 2 N–H and O–H groups in total. The molecule has 10 nitrogen and oxygen atoms in total. The van der Waals surface area contributed by atoms with Crippen molar-refractivity contribution in [3.63, 3.8) is 0 Å². The number of benzene rings is 4. The zero-order chi connectivity index (χ0) is 41.9. The summed E-state index contributed by atoms with van der Waals surface area (Å²) >= 11 is 12.2. The minimum atomic E-state index is -1.21. The van der Waals surface area contributed by atoms with Crippen molar-refractivity contribution in [2.75, 3.05) is 6.61 Å². The van der Waals surface area contributed by atoms with E-state index in [2.05, 4.69) is 15.3 Å². The molecule has 4 aromatic carbocycles. The summed E-state index contributed by atoms with van der Waals surface area (Å²) < 4.78 is 33.6. The fourth-order valence-corrected chi connectivity index (χ4v) is 7.89. The van der Waals surface area contributed by atoms with Crippen LogP contribution in [-0.2, 0) is 42.1 Å². The molecule has 2 aliphatic rings. The Morgan fingerprint density at radius 3 is 2.43 bits per heavy atom. The van der Waals surface area contributed by atoms with Gasteiger partial charge >= 0.3 is 5.97 Å². The van der Waals surface area contributed by atoms with Crippen molar-refractivity contribution in [3.05, 3.63) is 170 Å². The molecular formula is C47H41Cl2FN4O6. The number of pyridine rings is 2. The zero-order valence-electron chi connectivity index (χ0n) is 32.8. The van der Waals surface area contributed by atoms with Gasteiger partial charge in [0, 0.05) is 37.6 Å². The van der Waals surface area contributed by atoms with Gasteiger partial charge in [0.15, 0.2) is 17.6 Å². The van der Waals surface area contributed by atoms with Gasteiger partial charge in [-0.05, 0) is 119 Å². The summed E-state index contributed by atoms with van der Waals surface area (Å²) in [5, 5.41) is 14.0. The number of carboxylic acid groups (broad SMARTS) is 1. The number of aromatic nitrogens is 2. The summed E-state index contributed by atoms with van der Waals surface area (Å²) in [6, 6.07) is 27.1. The highest BCUT2D eigenvalue weighted by molar-refractivity contribution is 6.42. The van der Waals surface area contributed by atoms with Gasteiger partial charge in [0.05, 0.1) is 21.8 Å². The van der Waals surface area contributed by atoms with E-state index in [9.17, 15) is 19.1 Å². The molecule has 306 valence electrons. The average molecular weight is 848 g/mol. The lowest BCUT2D eigenvalue weighted by Crippen LogP contribution is -2.54. The Bertz CT molecular complexity index is 2560. The van der Waals surface area contributed by atoms with E-state index in [0.29, 0.717) is 33.9 Å². The number of hydrogen-bond acceptors (Lipinski definition) is 8. The van der Waals surface area contributed by atoms with Crippen LogP contribution in [0.4, 0.5) is 4.39 Å². The number of carboxylic acids is 1. The van der Waals surface area contributed by atoms with Crippen molar-refractivity contribution in [3.8, 4) is 28.4 Å². The van der Waals surface area contributed by atoms with Gasteiger partial charge in [-0.25, -0.2) is 9.18 Å². The van der Waals surface area contributed by atoms with Gasteiger partial charge in [-0.1, -0.05) is 65.7 Å². The number of amides is 1. The second-order valence-electron chi connectivity index (χ2n) is 15.0. The molecule has 0 fully saturated rings. The Hall–Kier alpha value is -6.01. The molecule has 0 radical (unpaired) electrons. The number of carbonyl (C=O) groups is 2. The first-order valence-electron chi connectivity index (χ1n) is 19.5. The molecule has 1 amide bonds. The monoisotopic (exact) mass is 846 g/mol. The molecule has 3 atom stereocenters. The topological polar surface area (TPSA) is 123 Å². The van der Waals surface area contributed by atoms with Gasteiger partial charge in [0.1, 0.15) is 30.8 Å². The number of nitrogens with zero attached hydrogens (tertiary/aromatic N) is 3. The summed E-state index contributed by atoms with van der Waals surface area (Å²) in [5.74, 6) is -0.381. The number of aryl methyl sites for hydroxylation is 1. The van der Waals surface area contributed by atoms with Gasteiger partial charge in [0.2, 0.25) is 5.91 Å². The van der Waals surface area contributed by atoms with Crippen LogP contribution in [0.25, 0.3) is 11.1 Å². The van der Waals surface area contributed by atoms with Crippen LogP contribution in [0.15, 0.2) is 109 Å². The third-order valence-electron chi connectivity index (χ3n) is 11.1. The fourth-order valence-electron chi connectivity index (χ4n) is 7.57. The largest absolute Gasteiger partial charge is 0.489 e. The van der Waals surface area contributed by atoms with Crippen LogP contribution in [0, 0.1) is 19.7 Å². The average Bonchev–Trinajstić information content (AvgIpc) is 3.25. The Labute approximate surface area is 356 Å². The van der Waals surface area contributed by atoms with Crippen LogP contribution in [-0.4, -0.2) is 50.5 Å². The molecule has 0 unspecified atom stereocenters. The van der Waals surface area contributed by atoms with Crippen molar-refractivity contribution < 1.29 is 33.3 Å². The smallest absolute Gasteiger partial charge is 0.326 e. The van der Waals surface area contributed by atoms with Gasteiger partial charge < -0.3 is 24.6 Å². The third kappa shape index (κ3) is 9.08. The van der Waals surface area contributed by atoms with Crippen LogP contribution in [0.3, 0.4) is 0 Å². The van der Waals surface area contributed by atoms with Crippen molar-refractivity contribution in [1.82, 2.24) is 20.2 Å². The molecule has 0 bridgehead atoms. The lowest BCUT2D eigenvalue weighted by molar-refractivity contribution is -0.142. The SMILES string of the molecule is Cc1nccc(-c2ccc(C[C@H](NC(=O)[C@@H]3Cc4cc5c(cc4CN3Cc3ncccc3F)O[C@@H](c3ccc(OCc4ccc(Cl)c(Cl)c4)cc3)CO5)C(=O)O)cc2)c1C.